The van der Waals surface area contributed by atoms with E-state index in [-0.39, 0.29) is 18.0 Å². The second kappa shape index (κ2) is 3.69. The van der Waals surface area contributed by atoms with E-state index in [1.807, 2.05) is 0 Å². The normalized spacial score (nSPS) is 24.4. The van der Waals surface area contributed by atoms with E-state index in [1.165, 1.54) is 6.07 Å². The van der Waals surface area contributed by atoms with E-state index < -0.39 is 4.92 Å². The molecule has 1 aliphatic carbocycles. The highest BCUT2D eigenvalue weighted by Gasteiger charge is 2.34. The van der Waals surface area contributed by atoms with Crippen molar-refractivity contribution in [3.05, 3.63) is 27.8 Å². The van der Waals surface area contributed by atoms with E-state index in [1.54, 1.807) is 6.07 Å². The maximum atomic E-state index is 11.3. The van der Waals surface area contributed by atoms with E-state index in [9.17, 15) is 14.9 Å². The monoisotopic (exact) mass is 247 g/mol. The lowest BCUT2D eigenvalue weighted by Gasteiger charge is -2.08. The van der Waals surface area contributed by atoms with E-state index in [2.05, 4.69) is 17.6 Å². The van der Waals surface area contributed by atoms with Gasteiger partial charge in [-0.2, -0.15) is 0 Å². The van der Waals surface area contributed by atoms with Gasteiger partial charge in [0.25, 0.3) is 5.69 Å². The Labute approximate surface area is 104 Å². The van der Waals surface area contributed by atoms with Crippen LogP contribution in [0, 0.1) is 16.0 Å². The SMILES string of the molecule is CC1CC1Nc1cc2c(cc1[N+](=O)[O-])CC(=O)N2. The fourth-order valence-electron chi connectivity index (χ4n) is 2.25. The van der Waals surface area contributed by atoms with Crippen molar-refractivity contribution in [2.75, 3.05) is 10.6 Å². The molecule has 0 spiro atoms. The summed E-state index contributed by atoms with van der Waals surface area (Å²) in [5.74, 6) is 0.434. The Hall–Kier alpha value is -2.11. The van der Waals surface area contributed by atoms with Crippen LogP contribution in [0.3, 0.4) is 0 Å². The Morgan fingerprint density at radius 3 is 2.83 bits per heavy atom. The minimum absolute atomic E-state index is 0.0457. The summed E-state index contributed by atoms with van der Waals surface area (Å²) in [6.45, 7) is 2.10. The molecule has 0 bridgehead atoms. The van der Waals surface area contributed by atoms with E-state index in [4.69, 9.17) is 0 Å². The zero-order valence-corrected chi connectivity index (χ0v) is 9.90. The first kappa shape index (κ1) is 11.0. The highest BCUT2D eigenvalue weighted by molar-refractivity contribution is 6.00. The van der Waals surface area contributed by atoms with Gasteiger partial charge in [0.2, 0.25) is 5.91 Å². The third-order valence-electron chi connectivity index (χ3n) is 3.49. The Morgan fingerprint density at radius 1 is 1.50 bits per heavy atom. The van der Waals surface area contributed by atoms with Crippen molar-refractivity contribution in [2.45, 2.75) is 25.8 Å². The molecule has 18 heavy (non-hydrogen) atoms. The van der Waals surface area contributed by atoms with Crippen molar-refractivity contribution in [1.29, 1.82) is 0 Å². The summed E-state index contributed by atoms with van der Waals surface area (Å²) < 4.78 is 0. The topological polar surface area (TPSA) is 84.3 Å². The predicted molar refractivity (Wildman–Crippen MR) is 66.6 cm³/mol. The molecule has 2 atom stereocenters. The Morgan fingerprint density at radius 2 is 2.22 bits per heavy atom. The first-order chi connectivity index (χ1) is 8.54. The van der Waals surface area contributed by atoms with Gasteiger partial charge in [0.1, 0.15) is 5.69 Å². The fourth-order valence-corrected chi connectivity index (χ4v) is 2.25. The van der Waals surface area contributed by atoms with Crippen LogP contribution in [-0.2, 0) is 11.2 Å². The molecule has 2 N–H and O–H groups in total. The molecule has 2 unspecified atom stereocenters. The number of nitrogens with zero attached hydrogens (tertiary/aromatic N) is 1. The standard InChI is InChI=1S/C12H13N3O3/c1-6-2-8(6)13-10-5-9-7(4-12(16)14-9)3-11(10)15(17)18/h3,5-6,8,13H,2,4H2,1H3,(H,14,16). The first-order valence-corrected chi connectivity index (χ1v) is 5.92. The van der Waals surface area contributed by atoms with Crippen LogP contribution in [0.4, 0.5) is 17.1 Å². The second-order valence-corrected chi connectivity index (χ2v) is 4.97. The van der Waals surface area contributed by atoms with Crippen LogP contribution in [0.5, 0.6) is 0 Å². The summed E-state index contributed by atoms with van der Waals surface area (Å²) >= 11 is 0. The average Bonchev–Trinajstić information content (AvgIpc) is 2.85. The van der Waals surface area contributed by atoms with Gasteiger partial charge in [-0.3, -0.25) is 14.9 Å². The van der Waals surface area contributed by atoms with Crippen LogP contribution in [0.25, 0.3) is 0 Å². The molecule has 2 aliphatic rings. The Bertz CT molecular complexity index is 556. The third-order valence-corrected chi connectivity index (χ3v) is 3.49. The number of benzene rings is 1. The summed E-state index contributed by atoms with van der Waals surface area (Å²) in [6, 6.07) is 3.46. The van der Waals surface area contributed by atoms with Gasteiger partial charge >= 0.3 is 0 Å². The summed E-state index contributed by atoms with van der Waals surface area (Å²) in [4.78, 5) is 21.9. The third kappa shape index (κ3) is 1.79. The van der Waals surface area contributed by atoms with Crippen LogP contribution in [0.2, 0.25) is 0 Å². The summed E-state index contributed by atoms with van der Waals surface area (Å²) in [7, 11) is 0. The Balaban J connectivity index is 1.98. The second-order valence-electron chi connectivity index (χ2n) is 4.97. The van der Waals surface area contributed by atoms with Crippen molar-refractivity contribution in [3.8, 4) is 0 Å². The van der Waals surface area contributed by atoms with Gasteiger partial charge < -0.3 is 10.6 Å². The van der Waals surface area contributed by atoms with Crippen LogP contribution in [0.1, 0.15) is 18.9 Å². The van der Waals surface area contributed by atoms with E-state index in [0.717, 1.165) is 6.42 Å². The maximum absolute atomic E-state index is 11.3. The molecular formula is C12H13N3O3. The van der Waals surface area contributed by atoms with Crippen molar-refractivity contribution in [2.24, 2.45) is 5.92 Å². The highest BCUT2D eigenvalue weighted by Crippen LogP contribution is 2.39. The smallest absolute Gasteiger partial charge is 0.292 e. The van der Waals surface area contributed by atoms with Gasteiger partial charge in [0, 0.05) is 17.8 Å². The average molecular weight is 247 g/mol. The van der Waals surface area contributed by atoms with Gasteiger partial charge in [-0.25, -0.2) is 0 Å². The molecule has 6 heteroatoms. The van der Waals surface area contributed by atoms with Crippen LogP contribution in [-0.4, -0.2) is 16.9 Å². The largest absolute Gasteiger partial charge is 0.376 e. The number of fused-ring (bicyclic) bond motifs is 1. The summed E-state index contributed by atoms with van der Waals surface area (Å²) in [5.41, 5.74) is 1.92. The molecule has 1 saturated carbocycles. The molecule has 1 aromatic rings. The number of nitro groups is 1. The number of amides is 1. The zero-order valence-electron chi connectivity index (χ0n) is 9.90. The quantitative estimate of drug-likeness (QED) is 0.631. The molecular weight excluding hydrogens is 234 g/mol. The molecule has 94 valence electrons. The van der Waals surface area contributed by atoms with E-state index >= 15 is 0 Å². The zero-order chi connectivity index (χ0) is 12.9. The van der Waals surface area contributed by atoms with Crippen molar-refractivity contribution >= 4 is 23.0 Å². The Kier molecular flexibility index (Phi) is 2.26. The van der Waals surface area contributed by atoms with Crippen molar-refractivity contribution < 1.29 is 9.72 Å². The number of hydrogen-bond donors (Lipinski definition) is 2. The first-order valence-electron chi connectivity index (χ1n) is 5.92. The molecule has 1 aromatic carbocycles. The molecule has 0 aromatic heterocycles. The van der Waals surface area contributed by atoms with Gasteiger partial charge in [0.15, 0.2) is 0 Å². The molecule has 1 aliphatic heterocycles. The molecule has 0 radical (unpaired) electrons. The van der Waals surface area contributed by atoms with Crippen molar-refractivity contribution in [1.82, 2.24) is 0 Å². The molecule has 0 saturated heterocycles. The number of nitrogens with one attached hydrogen (secondary N) is 2. The van der Waals surface area contributed by atoms with Gasteiger partial charge in [-0.05, 0) is 24.0 Å². The molecule has 1 fully saturated rings. The minimum Gasteiger partial charge on any atom is -0.376 e. The maximum Gasteiger partial charge on any atom is 0.292 e. The molecule has 1 amide bonds. The number of rotatable bonds is 3. The molecule has 3 rings (SSSR count). The van der Waals surface area contributed by atoms with Gasteiger partial charge in [-0.15, -0.1) is 0 Å². The van der Waals surface area contributed by atoms with E-state index in [0.29, 0.717) is 28.9 Å². The lowest BCUT2D eigenvalue weighted by Crippen LogP contribution is -2.07. The lowest BCUT2D eigenvalue weighted by molar-refractivity contribution is -0.384. The lowest BCUT2D eigenvalue weighted by atomic mass is 10.1. The summed E-state index contributed by atoms with van der Waals surface area (Å²) in [6.07, 6.45) is 1.25. The number of carbonyl (C=O) groups excluding carboxylic acids is 1. The van der Waals surface area contributed by atoms with Gasteiger partial charge in [0.05, 0.1) is 11.3 Å². The van der Waals surface area contributed by atoms with Crippen LogP contribution < -0.4 is 10.6 Å². The number of carbonyl (C=O) groups is 1. The molecule has 6 nitrogen and oxygen atoms in total. The molecule has 1 heterocycles. The fraction of sp³-hybridized carbons (Fsp3) is 0.417. The minimum atomic E-state index is -0.404. The number of nitro benzene ring substituents is 1. The van der Waals surface area contributed by atoms with Gasteiger partial charge in [-0.1, -0.05) is 6.92 Å². The van der Waals surface area contributed by atoms with Crippen LogP contribution in [0.15, 0.2) is 12.1 Å². The summed E-state index contributed by atoms with van der Waals surface area (Å²) in [5, 5.41) is 16.9. The number of anilines is 2. The number of hydrogen-bond acceptors (Lipinski definition) is 4. The predicted octanol–water partition coefficient (Wildman–Crippen LogP) is 1.91. The highest BCUT2D eigenvalue weighted by atomic mass is 16.6. The van der Waals surface area contributed by atoms with Crippen LogP contribution >= 0.6 is 0 Å². The van der Waals surface area contributed by atoms with Crippen molar-refractivity contribution in [3.63, 3.8) is 0 Å².